The van der Waals surface area contributed by atoms with Crippen LogP contribution in [0.5, 0.6) is 11.5 Å². The zero-order valence-electron chi connectivity index (χ0n) is 22.0. The van der Waals surface area contributed by atoms with Crippen molar-refractivity contribution < 1.29 is 19.1 Å². The lowest BCUT2D eigenvalue weighted by molar-refractivity contribution is -0.117. The highest BCUT2D eigenvalue weighted by atomic mass is 16.5. The van der Waals surface area contributed by atoms with E-state index in [2.05, 4.69) is 5.32 Å². The van der Waals surface area contributed by atoms with Crippen LogP contribution in [0.15, 0.2) is 85.1 Å². The van der Waals surface area contributed by atoms with Gasteiger partial charge in [-0.25, -0.2) is 4.98 Å². The Morgan fingerprint density at radius 3 is 2.37 bits per heavy atom. The Bertz CT molecular complexity index is 1380. The molecule has 1 N–H and O–H groups in total. The quantitative estimate of drug-likeness (QED) is 0.306. The van der Waals surface area contributed by atoms with E-state index in [4.69, 9.17) is 14.5 Å². The molecule has 0 saturated heterocycles. The van der Waals surface area contributed by atoms with Crippen LogP contribution in [0.3, 0.4) is 0 Å². The molecule has 0 bridgehead atoms. The van der Waals surface area contributed by atoms with Gasteiger partial charge in [0.1, 0.15) is 18.0 Å². The molecule has 0 atom stereocenters. The summed E-state index contributed by atoms with van der Waals surface area (Å²) in [5.74, 6) is 1.13. The molecule has 8 nitrogen and oxygen atoms in total. The van der Waals surface area contributed by atoms with Gasteiger partial charge in [-0.2, -0.15) is 0 Å². The lowest BCUT2D eigenvalue weighted by Crippen LogP contribution is -2.42. The van der Waals surface area contributed by atoms with Crippen molar-refractivity contribution in [1.82, 2.24) is 14.5 Å². The summed E-state index contributed by atoms with van der Waals surface area (Å²) in [5, 5.41) is 2.92. The number of carbonyl (C=O) groups is 2. The van der Waals surface area contributed by atoms with Crippen molar-refractivity contribution in [3.63, 3.8) is 0 Å². The first kappa shape index (κ1) is 26.5. The lowest BCUT2D eigenvalue weighted by atomic mass is 10.1. The maximum atomic E-state index is 13.3. The van der Waals surface area contributed by atoms with E-state index in [0.717, 1.165) is 11.3 Å². The first-order valence-electron chi connectivity index (χ1n) is 12.5. The molecule has 4 rings (SSSR count). The molecule has 4 aromatic rings. The number of rotatable bonds is 10. The smallest absolute Gasteiger partial charge is 0.254 e. The SMILES string of the molecule is CCOc1cccc(-n2cc(-c3ccccc3)nc2NC(=O)CN(C(=O)c2ccc(OC)cc2)C(C)C)c1. The van der Waals surface area contributed by atoms with E-state index in [9.17, 15) is 9.59 Å². The second-order valence-electron chi connectivity index (χ2n) is 8.92. The Labute approximate surface area is 222 Å². The van der Waals surface area contributed by atoms with Crippen LogP contribution in [0, 0.1) is 0 Å². The highest BCUT2D eigenvalue weighted by molar-refractivity contribution is 5.99. The number of hydrogen-bond acceptors (Lipinski definition) is 5. The molecular weight excluding hydrogens is 480 g/mol. The summed E-state index contributed by atoms with van der Waals surface area (Å²) in [6.07, 6.45) is 1.87. The van der Waals surface area contributed by atoms with Gasteiger partial charge in [-0.1, -0.05) is 36.4 Å². The van der Waals surface area contributed by atoms with E-state index >= 15 is 0 Å². The third-order valence-electron chi connectivity index (χ3n) is 5.97. The maximum Gasteiger partial charge on any atom is 0.254 e. The van der Waals surface area contributed by atoms with Gasteiger partial charge >= 0.3 is 0 Å². The Morgan fingerprint density at radius 2 is 1.71 bits per heavy atom. The average Bonchev–Trinajstić information content (AvgIpc) is 3.35. The standard InChI is InChI=1S/C30H32N4O4/c1-5-38-26-13-9-12-24(18-26)34-19-27(22-10-7-6-8-11-22)31-30(34)32-28(35)20-33(21(2)3)29(36)23-14-16-25(37-4)17-15-23/h6-19,21H,5,20H2,1-4H3,(H,31,32,35). The predicted molar refractivity (Wildman–Crippen MR) is 148 cm³/mol. The number of nitrogens with zero attached hydrogens (tertiary/aromatic N) is 3. The van der Waals surface area contributed by atoms with E-state index in [1.54, 1.807) is 31.4 Å². The molecular formula is C30H32N4O4. The molecule has 0 saturated carbocycles. The van der Waals surface area contributed by atoms with Crippen LogP contribution in [-0.4, -0.2) is 52.6 Å². The zero-order chi connectivity index (χ0) is 27.1. The molecule has 0 radical (unpaired) electrons. The minimum Gasteiger partial charge on any atom is -0.497 e. The number of methoxy groups -OCH3 is 1. The second kappa shape index (κ2) is 12.1. The fraction of sp³-hybridized carbons (Fsp3) is 0.233. The van der Waals surface area contributed by atoms with Crippen LogP contribution in [0.25, 0.3) is 16.9 Å². The molecule has 38 heavy (non-hydrogen) atoms. The van der Waals surface area contributed by atoms with Crippen LogP contribution in [0.1, 0.15) is 31.1 Å². The molecule has 196 valence electrons. The minimum absolute atomic E-state index is 0.130. The number of carbonyl (C=O) groups excluding carboxylic acids is 2. The molecule has 0 fully saturated rings. The van der Waals surface area contributed by atoms with Crippen molar-refractivity contribution in [2.75, 3.05) is 25.6 Å². The van der Waals surface area contributed by atoms with Crippen molar-refractivity contribution in [1.29, 1.82) is 0 Å². The molecule has 1 aromatic heterocycles. The fourth-order valence-electron chi connectivity index (χ4n) is 4.01. The van der Waals surface area contributed by atoms with Gasteiger partial charge in [-0.3, -0.25) is 19.5 Å². The van der Waals surface area contributed by atoms with E-state index in [-0.39, 0.29) is 24.4 Å². The topological polar surface area (TPSA) is 85.7 Å². The van der Waals surface area contributed by atoms with E-state index in [1.165, 1.54) is 4.90 Å². The third-order valence-corrected chi connectivity index (χ3v) is 5.97. The number of ether oxygens (including phenoxy) is 2. The third kappa shape index (κ3) is 6.21. The monoisotopic (exact) mass is 512 g/mol. The second-order valence-corrected chi connectivity index (χ2v) is 8.92. The average molecular weight is 513 g/mol. The summed E-state index contributed by atoms with van der Waals surface area (Å²) in [5.41, 5.74) is 2.89. The number of aromatic nitrogens is 2. The Hall–Kier alpha value is -4.59. The number of nitrogens with one attached hydrogen (secondary N) is 1. The summed E-state index contributed by atoms with van der Waals surface area (Å²) < 4.78 is 12.7. The van der Waals surface area contributed by atoms with Gasteiger partial charge in [0.25, 0.3) is 5.91 Å². The van der Waals surface area contributed by atoms with Crippen molar-refractivity contribution in [2.24, 2.45) is 0 Å². The van der Waals surface area contributed by atoms with Crippen molar-refractivity contribution in [2.45, 2.75) is 26.8 Å². The lowest BCUT2D eigenvalue weighted by Gasteiger charge is -2.26. The number of imidazole rings is 1. The number of benzene rings is 3. The summed E-state index contributed by atoms with van der Waals surface area (Å²) in [6, 6.07) is 24.0. The fourth-order valence-corrected chi connectivity index (χ4v) is 4.01. The molecule has 1 heterocycles. The van der Waals surface area contributed by atoms with E-state index < -0.39 is 0 Å². The Morgan fingerprint density at radius 1 is 0.974 bits per heavy atom. The van der Waals surface area contributed by atoms with Gasteiger partial charge in [0, 0.05) is 29.4 Å². The molecule has 0 spiro atoms. The molecule has 0 aliphatic rings. The molecule has 0 aliphatic heterocycles. The van der Waals surface area contributed by atoms with E-state index in [0.29, 0.717) is 35.3 Å². The molecule has 8 heteroatoms. The highest BCUT2D eigenvalue weighted by Gasteiger charge is 2.23. The summed E-state index contributed by atoms with van der Waals surface area (Å²) >= 11 is 0. The van der Waals surface area contributed by atoms with Crippen LogP contribution < -0.4 is 14.8 Å². The van der Waals surface area contributed by atoms with Crippen molar-refractivity contribution >= 4 is 17.8 Å². The first-order valence-corrected chi connectivity index (χ1v) is 12.5. The molecule has 0 aliphatic carbocycles. The summed E-state index contributed by atoms with van der Waals surface area (Å²) in [7, 11) is 1.57. The van der Waals surface area contributed by atoms with Gasteiger partial charge in [0.05, 0.1) is 25.1 Å². The molecule has 0 unspecified atom stereocenters. The maximum absolute atomic E-state index is 13.3. The van der Waals surface area contributed by atoms with Crippen LogP contribution in [-0.2, 0) is 4.79 Å². The van der Waals surface area contributed by atoms with Gasteiger partial charge < -0.3 is 14.4 Å². The number of amides is 2. The van der Waals surface area contributed by atoms with Crippen molar-refractivity contribution in [3.8, 4) is 28.4 Å². The number of anilines is 1. The van der Waals surface area contributed by atoms with Crippen LogP contribution in [0.2, 0.25) is 0 Å². The van der Waals surface area contributed by atoms with Gasteiger partial charge in [0.2, 0.25) is 11.9 Å². The van der Waals surface area contributed by atoms with Crippen LogP contribution >= 0.6 is 0 Å². The summed E-state index contributed by atoms with van der Waals surface area (Å²) in [4.78, 5) is 32.7. The van der Waals surface area contributed by atoms with Gasteiger partial charge in [0.15, 0.2) is 0 Å². The highest BCUT2D eigenvalue weighted by Crippen LogP contribution is 2.26. The predicted octanol–water partition coefficient (Wildman–Crippen LogP) is 5.44. The van der Waals surface area contributed by atoms with Crippen LogP contribution in [0.4, 0.5) is 5.95 Å². The zero-order valence-corrected chi connectivity index (χ0v) is 22.0. The molecule has 3 aromatic carbocycles. The number of hydrogen-bond donors (Lipinski definition) is 1. The first-order chi connectivity index (χ1) is 18.4. The largest absolute Gasteiger partial charge is 0.497 e. The van der Waals surface area contributed by atoms with E-state index in [1.807, 2.05) is 86.1 Å². The molecule has 2 amide bonds. The van der Waals surface area contributed by atoms with Crippen molar-refractivity contribution in [3.05, 3.63) is 90.6 Å². The Kier molecular flexibility index (Phi) is 8.43. The normalized spacial score (nSPS) is 10.8. The Balaban J connectivity index is 1.61. The minimum atomic E-state index is -0.354. The van der Waals surface area contributed by atoms with Gasteiger partial charge in [-0.05, 0) is 57.2 Å². The van der Waals surface area contributed by atoms with Gasteiger partial charge in [-0.15, -0.1) is 0 Å². The summed E-state index contributed by atoms with van der Waals surface area (Å²) in [6.45, 7) is 6.09.